The van der Waals surface area contributed by atoms with Crippen molar-refractivity contribution in [2.24, 2.45) is 23.7 Å². The summed E-state index contributed by atoms with van der Waals surface area (Å²) in [5.41, 5.74) is 0. The topological polar surface area (TPSA) is 29.5 Å². The second-order valence-corrected chi connectivity index (χ2v) is 5.37. The molecule has 1 unspecified atom stereocenters. The minimum Gasteiger partial charge on any atom is -0.453 e. The van der Waals surface area contributed by atoms with Crippen LogP contribution >= 0.6 is 0 Å². The molecule has 3 nitrogen and oxygen atoms in total. The fourth-order valence-corrected chi connectivity index (χ4v) is 3.17. The minimum absolute atomic E-state index is 0.148. The molecule has 3 atom stereocenters. The van der Waals surface area contributed by atoms with Crippen molar-refractivity contribution in [3.63, 3.8) is 0 Å². The van der Waals surface area contributed by atoms with Gasteiger partial charge in [-0.25, -0.2) is 4.79 Å². The van der Waals surface area contributed by atoms with Gasteiger partial charge in [-0.2, -0.15) is 0 Å². The fourth-order valence-electron chi connectivity index (χ4n) is 3.17. The van der Waals surface area contributed by atoms with Crippen LogP contribution in [0.4, 0.5) is 4.79 Å². The Labute approximate surface area is 106 Å². The molecule has 100 valence electrons. The molecule has 2 fully saturated rings. The van der Waals surface area contributed by atoms with Gasteiger partial charge in [-0.05, 0) is 36.5 Å². The van der Waals surface area contributed by atoms with Crippen LogP contribution in [0.25, 0.3) is 0 Å². The van der Waals surface area contributed by atoms with E-state index in [0.717, 1.165) is 36.8 Å². The van der Waals surface area contributed by atoms with Crippen LogP contribution in [0.5, 0.6) is 0 Å². The van der Waals surface area contributed by atoms with Gasteiger partial charge in [-0.1, -0.05) is 27.7 Å². The van der Waals surface area contributed by atoms with Crippen LogP contribution in [0.15, 0.2) is 0 Å². The number of ether oxygens (including phenoxy) is 1. The van der Waals surface area contributed by atoms with Gasteiger partial charge in [-0.15, -0.1) is 0 Å². The van der Waals surface area contributed by atoms with Gasteiger partial charge in [-0.3, -0.25) is 0 Å². The van der Waals surface area contributed by atoms with E-state index in [1.54, 1.807) is 0 Å². The molecule has 0 bridgehead atoms. The molecule has 1 saturated heterocycles. The summed E-state index contributed by atoms with van der Waals surface area (Å²) in [4.78, 5) is 13.2. The Kier molecular flexibility index (Phi) is 5.29. The van der Waals surface area contributed by atoms with Gasteiger partial charge in [0, 0.05) is 13.1 Å². The molecule has 0 aromatic rings. The zero-order chi connectivity index (χ0) is 13.0. The number of carbonyl (C=O) groups is 1. The Morgan fingerprint density at radius 3 is 2.00 bits per heavy atom. The zero-order valence-electron chi connectivity index (χ0n) is 11.9. The number of nitrogens with zero attached hydrogens (tertiary/aromatic N) is 1. The Balaban J connectivity index is 0.000000686. The van der Waals surface area contributed by atoms with Crippen LogP contribution in [0, 0.1) is 23.7 Å². The number of hydrogen-bond donors (Lipinski definition) is 0. The average molecular weight is 241 g/mol. The molecule has 0 N–H and O–H groups in total. The maximum atomic E-state index is 11.4. The Bertz CT molecular complexity index is 239. The van der Waals surface area contributed by atoms with E-state index in [1.807, 2.05) is 18.7 Å². The van der Waals surface area contributed by atoms with E-state index in [9.17, 15) is 4.79 Å². The minimum atomic E-state index is -0.148. The highest BCUT2D eigenvalue weighted by molar-refractivity contribution is 5.67. The monoisotopic (exact) mass is 241 g/mol. The first-order valence-electron chi connectivity index (χ1n) is 6.94. The third kappa shape index (κ3) is 3.14. The lowest BCUT2D eigenvalue weighted by molar-refractivity contribution is 0.128. The third-order valence-electron chi connectivity index (χ3n) is 4.16. The summed E-state index contributed by atoms with van der Waals surface area (Å²) in [7, 11) is 1.47. The molecule has 2 rings (SSSR count). The van der Waals surface area contributed by atoms with Gasteiger partial charge in [0.15, 0.2) is 0 Å². The molecule has 0 spiro atoms. The summed E-state index contributed by atoms with van der Waals surface area (Å²) < 4.78 is 4.76. The first-order valence-corrected chi connectivity index (χ1v) is 6.94. The van der Waals surface area contributed by atoms with Crippen molar-refractivity contribution in [2.75, 3.05) is 20.2 Å². The lowest BCUT2D eigenvalue weighted by Gasteiger charge is -2.19. The largest absolute Gasteiger partial charge is 0.453 e. The SMILES string of the molecule is CC.COC(=O)N1C[C@H]2CC(C(C)C)C[C@H]2C1. The van der Waals surface area contributed by atoms with Crippen LogP contribution in [0.3, 0.4) is 0 Å². The Morgan fingerprint density at radius 1 is 1.18 bits per heavy atom. The van der Waals surface area contributed by atoms with Gasteiger partial charge in [0.1, 0.15) is 0 Å². The van der Waals surface area contributed by atoms with E-state index < -0.39 is 0 Å². The first-order chi connectivity index (χ1) is 8.11. The van der Waals surface area contributed by atoms with Crippen LogP contribution in [-0.2, 0) is 4.74 Å². The maximum absolute atomic E-state index is 11.4. The number of likely N-dealkylation sites (tertiary alicyclic amines) is 1. The second kappa shape index (κ2) is 6.27. The van der Waals surface area contributed by atoms with E-state index in [4.69, 9.17) is 4.74 Å². The quantitative estimate of drug-likeness (QED) is 0.704. The van der Waals surface area contributed by atoms with E-state index in [2.05, 4.69) is 13.8 Å². The molecule has 17 heavy (non-hydrogen) atoms. The lowest BCUT2D eigenvalue weighted by Crippen LogP contribution is -2.29. The van der Waals surface area contributed by atoms with Crippen LogP contribution < -0.4 is 0 Å². The van der Waals surface area contributed by atoms with E-state index in [-0.39, 0.29) is 6.09 Å². The molecular weight excluding hydrogens is 214 g/mol. The summed E-state index contributed by atoms with van der Waals surface area (Å²) in [6.45, 7) is 10.5. The summed E-state index contributed by atoms with van der Waals surface area (Å²) in [5.74, 6) is 3.13. The van der Waals surface area contributed by atoms with Crippen molar-refractivity contribution in [3.05, 3.63) is 0 Å². The van der Waals surface area contributed by atoms with Gasteiger partial charge in [0.25, 0.3) is 0 Å². The molecule has 1 aliphatic heterocycles. The summed E-state index contributed by atoms with van der Waals surface area (Å²) in [6, 6.07) is 0. The number of amides is 1. The number of carbonyl (C=O) groups excluding carboxylic acids is 1. The standard InChI is InChI=1S/C12H21NO2.C2H6/c1-8(2)9-4-10-6-13(12(14)15-3)7-11(10)5-9;1-2/h8-11H,4-7H2,1-3H3;1-2H3/t9?,10-,11+;. The molecular formula is C14H27NO2. The maximum Gasteiger partial charge on any atom is 0.409 e. The lowest BCUT2D eigenvalue weighted by atomic mass is 9.93. The summed E-state index contributed by atoms with van der Waals surface area (Å²) in [6.07, 6.45) is 2.46. The number of methoxy groups -OCH3 is 1. The Hall–Kier alpha value is -0.730. The van der Waals surface area contributed by atoms with Crippen molar-refractivity contribution < 1.29 is 9.53 Å². The molecule has 0 aromatic heterocycles. The van der Waals surface area contributed by atoms with Crippen LogP contribution in [0.2, 0.25) is 0 Å². The second-order valence-electron chi connectivity index (χ2n) is 5.37. The third-order valence-corrected chi connectivity index (χ3v) is 4.16. The molecule has 3 heteroatoms. The van der Waals surface area contributed by atoms with Gasteiger partial charge in [0.2, 0.25) is 0 Å². The average Bonchev–Trinajstić information content (AvgIpc) is 2.88. The highest BCUT2D eigenvalue weighted by Crippen LogP contribution is 2.44. The molecule has 1 heterocycles. The van der Waals surface area contributed by atoms with Crippen molar-refractivity contribution in [3.8, 4) is 0 Å². The molecule has 1 aliphatic carbocycles. The van der Waals surface area contributed by atoms with Crippen molar-refractivity contribution >= 4 is 6.09 Å². The number of hydrogen-bond acceptors (Lipinski definition) is 2. The van der Waals surface area contributed by atoms with Crippen molar-refractivity contribution in [1.29, 1.82) is 0 Å². The number of rotatable bonds is 1. The molecule has 0 aromatic carbocycles. The van der Waals surface area contributed by atoms with Crippen molar-refractivity contribution in [2.45, 2.75) is 40.5 Å². The van der Waals surface area contributed by atoms with E-state index in [1.165, 1.54) is 20.0 Å². The highest BCUT2D eigenvalue weighted by Gasteiger charge is 2.43. The summed E-state index contributed by atoms with van der Waals surface area (Å²) in [5, 5.41) is 0. The van der Waals surface area contributed by atoms with Gasteiger partial charge < -0.3 is 9.64 Å². The van der Waals surface area contributed by atoms with Gasteiger partial charge >= 0.3 is 6.09 Å². The molecule has 1 amide bonds. The fraction of sp³-hybridized carbons (Fsp3) is 0.929. The zero-order valence-corrected chi connectivity index (χ0v) is 11.9. The van der Waals surface area contributed by atoms with E-state index in [0.29, 0.717) is 0 Å². The van der Waals surface area contributed by atoms with Crippen LogP contribution in [0.1, 0.15) is 40.5 Å². The normalized spacial score (nSPS) is 30.9. The highest BCUT2D eigenvalue weighted by atomic mass is 16.5. The first kappa shape index (κ1) is 14.3. The molecule has 2 aliphatic rings. The molecule has 1 saturated carbocycles. The predicted octanol–water partition coefficient (Wildman–Crippen LogP) is 3.39. The predicted molar refractivity (Wildman–Crippen MR) is 69.9 cm³/mol. The van der Waals surface area contributed by atoms with Crippen LogP contribution in [-0.4, -0.2) is 31.2 Å². The summed E-state index contributed by atoms with van der Waals surface area (Å²) >= 11 is 0. The van der Waals surface area contributed by atoms with Gasteiger partial charge in [0.05, 0.1) is 7.11 Å². The number of fused-ring (bicyclic) bond motifs is 1. The van der Waals surface area contributed by atoms with E-state index >= 15 is 0 Å². The van der Waals surface area contributed by atoms with Crippen molar-refractivity contribution in [1.82, 2.24) is 4.90 Å². The molecule has 0 radical (unpaired) electrons. The smallest absolute Gasteiger partial charge is 0.409 e. The Morgan fingerprint density at radius 2 is 1.65 bits per heavy atom.